The maximum absolute atomic E-state index is 11.6. The van der Waals surface area contributed by atoms with Crippen LogP contribution in [0, 0.1) is 0 Å². The minimum atomic E-state index is -0.353. The van der Waals surface area contributed by atoms with Gasteiger partial charge >= 0.3 is 11.9 Å². The molecule has 0 aromatic carbocycles. The number of nitrogens with zero attached hydrogens (tertiary/aromatic N) is 1. The molecule has 0 fully saturated rings. The Hall–Kier alpha value is -1.33. The Morgan fingerprint density at radius 2 is 1.03 bits per heavy atom. The molecule has 182 valence electrons. The monoisotopic (exact) mass is 459 g/mol. The molecule has 0 aliphatic heterocycles. The van der Waals surface area contributed by atoms with Crippen molar-refractivity contribution in [2.24, 2.45) is 0 Å². The van der Waals surface area contributed by atoms with E-state index in [1.807, 2.05) is 0 Å². The van der Waals surface area contributed by atoms with Crippen molar-refractivity contribution in [1.29, 1.82) is 0 Å². The first-order chi connectivity index (χ1) is 14.2. The van der Waals surface area contributed by atoms with Crippen molar-refractivity contribution in [3.05, 3.63) is 24.3 Å². The highest BCUT2D eigenvalue weighted by Gasteiger charge is 2.22. The minimum absolute atomic E-state index is 0. The van der Waals surface area contributed by atoms with Gasteiger partial charge in [-0.05, 0) is 26.7 Å². The fourth-order valence-electron chi connectivity index (χ4n) is 3.28. The zero-order valence-corrected chi connectivity index (χ0v) is 21.2. The topological polar surface area (TPSA) is 52.6 Å². The van der Waals surface area contributed by atoms with Crippen LogP contribution in [0.25, 0.3) is 0 Å². The van der Waals surface area contributed by atoms with Gasteiger partial charge in [-0.15, -0.1) is 0 Å². The van der Waals surface area contributed by atoms with Gasteiger partial charge in [0.05, 0.1) is 13.6 Å². The van der Waals surface area contributed by atoms with Crippen LogP contribution >= 0.6 is 0 Å². The van der Waals surface area contributed by atoms with Crippen LogP contribution in [0.15, 0.2) is 24.3 Å². The molecule has 5 nitrogen and oxygen atoms in total. The molecule has 0 aliphatic carbocycles. The average molecular weight is 460 g/mol. The molecule has 0 spiro atoms. The second-order valence-corrected chi connectivity index (χ2v) is 8.80. The third-order valence-corrected chi connectivity index (χ3v) is 5.48. The van der Waals surface area contributed by atoms with Crippen LogP contribution in [0.4, 0.5) is 0 Å². The molecule has 0 amide bonds. The zero-order valence-electron chi connectivity index (χ0n) is 20.5. The molecular formula is C25H46ClNO4. The van der Waals surface area contributed by atoms with Crippen molar-refractivity contribution in [2.45, 2.75) is 85.0 Å². The van der Waals surface area contributed by atoms with Gasteiger partial charge in [-0.1, -0.05) is 71.4 Å². The summed E-state index contributed by atoms with van der Waals surface area (Å²) in [5.41, 5.74) is 0.823. The number of esters is 2. The van der Waals surface area contributed by atoms with E-state index in [1.54, 1.807) is 13.8 Å². The Balaban J connectivity index is 0. The Morgan fingerprint density at radius 3 is 1.39 bits per heavy atom. The highest BCUT2D eigenvalue weighted by molar-refractivity contribution is 5.87. The molecule has 6 heteroatoms. The number of halogens is 1. The largest absolute Gasteiger partial charge is 1.00 e. The lowest BCUT2D eigenvalue weighted by Gasteiger charge is -2.34. The Morgan fingerprint density at radius 1 is 0.677 bits per heavy atom. The van der Waals surface area contributed by atoms with Gasteiger partial charge < -0.3 is 26.4 Å². The lowest BCUT2D eigenvalue weighted by Crippen LogP contribution is -3.00. The highest BCUT2D eigenvalue weighted by atomic mass is 35.5. The van der Waals surface area contributed by atoms with Crippen molar-refractivity contribution in [3.8, 4) is 0 Å². The summed E-state index contributed by atoms with van der Waals surface area (Å²) in [5.74, 6) is -0.705. The number of carbonyl (C=O) groups excluding carboxylic acids is 2. The van der Waals surface area contributed by atoms with E-state index in [9.17, 15) is 9.59 Å². The van der Waals surface area contributed by atoms with Gasteiger partial charge in [0.1, 0.15) is 26.3 Å². The molecule has 0 rings (SSSR count). The van der Waals surface area contributed by atoms with Gasteiger partial charge in [0.25, 0.3) is 0 Å². The molecule has 0 bridgehead atoms. The van der Waals surface area contributed by atoms with Crippen molar-refractivity contribution >= 4 is 11.9 Å². The second-order valence-electron chi connectivity index (χ2n) is 8.80. The fourth-order valence-corrected chi connectivity index (χ4v) is 3.28. The number of hydrogen-bond donors (Lipinski definition) is 0. The van der Waals surface area contributed by atoms with Crippen LogP contribution < -0.4 is 12.4 Å². The highest BCUT2D eigenvalue weighted by Crippen LogP contribution is 2.13. The number of carbonyl (C=O) groups is 2. The first-order valence-corrected chi connectivity index (χ1v) is 11.7. The number of rotatable bonds is 19. The van der Waals surface area contributed by atoms with Gasteiger partial charge in [-0.3, -0.25) is 0 Å². The van der Waals surface area contributed by atoms with Crippen molar-refractivity contribution < 1.29 is 36.0 Å². The normalized spacial score (nSPS) is 10.8. The van der Waals surface area contributed by atoms with Gasteiger partial charge in [-0.25, -0.2) is 9.59 Å². The molecule has 0 aromatic rings. The van der Waals surface area contributed by atoms with E-state index < -0.39 is 0 Å². The molecule has 0 aliphatic rings. The van der Waals surface area contributed by atoms with Gasteiger partial charge in [0, 0.05) is 11.1 Å². The maximum atomic E-state index is 11.6. The summed E-state index contributed by atoms with van der Waals surface area (Å²) in [7, 11) is 2.14. The maximum Gasteiger partial charge on any atom is 0.333 e. The summed E-state index contributed by atoms with van der Waals surface area (Å²) >= 11 is 0. The van der Waals surface area contributed by atoms with Crippen molar-refractivity contribution in [1.82, 2.24) is 0 Å². The number of ether oxygens (including phenoxy) is 2. The van der Waals surface area contributed by atoms with Gasteiger partial charge in [0.2, 0.25) is 0 Å². The summed E-state index contributed by atoms with van der Waals surface area (Å²) in [6.07, 6.45) is 13.0. The summed E-state index contributed by atoms with van der Waals surface area (Å²) in [6.45, 7) is 15.8. The number of quaternary nitrogens is 1. The van der Waals surface area contributed by atoms with Crippen LogP contribution in [-0.2, 0) is 19.1 Å². The summed E-state index contributed by atoms with van der Waals surface area (Å²) in [4.78, 5) is 23.3. The smallest absolute Gasteiger partial charge is 0.333 e. The van der Waals surface area contributed by atoms with Crippen LogP contribution in [0.2, 0.25) is 0 Å². The average Bonchev–Trinajstić information content (AvgIpc) is 2.69. The van der Waals surface area contributed by atoms with Crippen LogP contribution in [-0.4, -0.2) is 56.3 Å². The predicted molar refractivity (Wildman–Crippen MR) is 124 cm³/mol. The van der Waals surface area contributed by atoms with Gasteiger partial charge in [-0.2, -0.15) is 0 Å². The summed E-state index contributed by atoms with van der Waals surface area (Å²) < 4.78 is 11.3. The Labute approximate surface area is 197 Å². The third-order valence-electron chi connectivity index (χ3n) is 5.48. The predicted octanol–water partition coefficient (Wildman–Crippen LogP) is 2.60. The van der Waals surface area contributed by atoms with Crippen LogP contribution in [0.1, 0.15) is 85.0 Å². The molecule has 0 atom stereocenters. The molecule has 0 radical (unpaired) electrons. The van der Waals surface area contributed by atoms with E-state index in [-0.39, 0.29) is 24.3 Å². The van der Waals surface area contributed by atoms with E-state index in [4.69, 9.17) is 9.47 Å². The molecule has 0 unspecified atom stereocenters. The molecule has 0 heterocycles. The van der Waals surface area contributed by atoms with Crippen LogP contribution in [0.3, 0.4) is 0 Å². The zero-order chi connectivity index (χ0) is 22.8. The Kier molecular flexibility index (Phi) is 19.9. The SMILES string of the molecule is C=C(C)C(=O)OCC[N+](C)(CCCCCCCCCCCC)CCOC(=O)C(=C)C.[Cl-]. The van der Waals surface area contributed by atoms with E-state index in [2.05, 4.69) is 27.1 Å². The van der Waals surface area contributed by atoms with Gasteiger partial charge in [0.15, 0.2) is 0 Å². The fraction of sp³-hybridized carbons (Fsp3) is 0.760. The third kappa shape index (κ3) is 18.0. The van der Waals surface area contributed by atoms with Crippen LogP contribution in [0.5, 0.6) is 0 Å². The lowest BCUT2D eigenvalue weighted by molar-refractivity contribution is -0.910. The van der Waals surface area contributed by atoms with E-state index in [0.717, 1.165) is 13.0 Å². The number of hydrogen-bond acceptors (Lipinski definition) is 4. The second kappa shape index (κ2) is 19.4. The molecule has 0 saturated carbocycles. The standard InChI is InChI=1S/C25H46NO4.ClH/c1-7-8-9-10-11-12-13-14-15-16-17-26(6,18-20-29-24(27)22(2)3)19-21-30-25(28)23(4)5;/h2,4,7-21H2,1,3,5-6H3;1H/q+1;/p-1. The Bertz CT molecular complexity index is 502. The quantitative estimate of drug-likeness (QED) is 0.129. The minimum Gasteiger partial charge on any atom is -1.00 e. The van der Waals surface area contributed by atoms with E-state index >= 15 is 0 Å². The van der Waals surface area contributed by atoms with E-state index in [1.165, 1.54) is 57.8 Å². The van der Waals surface area contributed by atoms with Crippen molar-refractivity contribution in [3.63, 3.8) is 0 Å². The summed E-state index contributed by atoms with van der Waals surface area (Å²) in [6, 6.07) is 0. The lowest BCUT2D eigenvalue weighted by atomic mass is 10.1. The number of unbranched alkanes of at least 4 members (excludes halogenated alkanes) is 9. The first-order valence-electron chi connectivity index (χ1n) is 11.7. The molecule has 0 aromatic heterocycles. The van der Waals surface area contributed by atoms with Crippen molar-refractivity contribution in [2.75, 3.05) is 39.9 Å². The molecule has 31 heavy (non-hydrogen) atoms. The number of likely N-dealkylation sites (N-methyl/N-ethyl adjacent to an activating group) is 1. The van der Waals surface area contributed by atoms with E-state index in [0.29, 0.717) is 41.9 Å². The summed E-state index contributed by atoms with van der Waals surface area (Å²) in [5, 5.41) is 0. The first kappa shape index (κ1) is 31.9. The molecular weight excluding hydrogens is 414 g/mol. The molecule has 0 N–H and O–H groups in total. The molecule has 0 saturated heterocycles.